The van der Waals surface area contributed by atoms with E-state index in [1.54, 1.807) is 34.3 Å². The molecule has 6 rings (SSSR count). The van der Waals surface area contributed by atoms with Crippen molar-refractivity contribution in [3.05, 3.63) is 106 Å². The molecule has 1 atom stereocenters. The minimum atomic E-state index is -1.83. The van der Waals surface area contributed by atoms with Crippen LogP contribution in [0.4, 0.5) is 13.2 Å². The third kappa shape index (κ3) is 5.03. The Hall–Kier alpha value is -3.93. The van der Waals surface area contributed by atoms with Gasteiger partial charge in [-0.1, -0.05) is 18.2 Å². The molecule has 2 aromatic heterocycles. The lowest BCUT2D eigenvalue weighted by Crippen LogP contribution is -2.05. The predicted molar refractivity (Wildman–Crippen MR) is 147 cm³/mol. The summed E-state index contributed by atoms with van der Waals surface area (Å²) in [7, 11) is -1.83. The molecular formula is C29H21F3N4O2S2. The average molecular weight is 579 g/mol. The van der Waals surface area contributed by atoms with Gasteiger partial charge >= 0.3 is 0 Å². The maximum absolute atomic E-state index is 15.2. The van der Waals surface area contributed by atoms with Crippen LogP contribution < -0.4 is 5.14 Å². The lowest BCUT2D eigenvalue weighted by atomic mass is 9.95. The van der Waals surface area contributed by atoms with Gasteiger partial charge in [0, 0.05) is 34.4 Å². The maximum atomic E-state index is 15.2. The molecule has 0 radical (unpaired) electrons. The van der Waals surface area contributed by atoms with E-state index in [1.807, 2.05) is 0 Å². The molecule has 0 spiro atoms. The molecule has 1 aliphatic rings. The van der Waals surface area contributed by atoms with E-state index >= 15 is 4.39 Å². The molecule has 0 saturated heterocycles. The van der Waals surface area contributed by atoms with E-state index in [0.29, 0.717) is 33.8 Å². The van der Waals surface area contributed by atoms with Crippen molar-refractivity contribution in [2.75, 3.05) is 0 Å². The largest absolute Gasteiger partial charge is 0.296 e. The SMILES string of the molecule is NS(=O)c1ccc(Cc2c(-c3ccc(F)c(-c4cccc(F)c4)c3)nn(-c3nc(C=O)cs3)c2C2CC2)c(F)c1. The van der Waals surface area contributed by atoms with Crippen molar-refractivity contribution in [3.63, 3.8) is 0 Å². The highest BCUT2D eigenvalue weighted by atomic mass is 32.2. The smallest absolute Gasteiger partial charge is 0.211 e. The molecule has 6 nitrogen and oxygen atoms in total. The number of thiazole rings is 1. The van der Waals surface area contributed by atoms with E-state index in [0.717, 1.165) is 30.2 Å². The fourth-order valence-corrected chi connectivity index (χ4v) is 5.91. The first kappa shape index (κ1) is 26.3. The number of aromatic nitrogens is 3. The lowest BCUT2D eigenvalue weighted by Gasteiger charge is -2.11. The van der Waals surface area contributed by atoms with Gasteiger partial charge in [-0.2, -0.15) is 5.10 Å². The molecule has 1 unspecified atom stereocenters. The van der Waals surface area contributed by atoms with E-state index in [2.05, 4.69) is 4.98 Å². The summed E-state index contributed by atoms with van der Waals surface area (Å²) in [6.45, 7) is 0. The molecule has 11 heteroatoms. The van der Waals surface area contributed by atoms with E-state index in [-0.39, 0.29) is 28.5 Å². The summed E-state index contributed by atoms with van der Waals surface area (Å²) >= 11 is 1.26. The summed E-state index contributed by atoms with van der Waals surface area (Å²) in [5, 5.41) is 12.4. The van der Waals surface area contributed by atoms with Gasteiger partial charge in [-0.3, -0.25) is 4.79 Å². The summed E-state index contributed by atoms with van der Waals surface area (Å²) < 4.78 is 57.5. The Morgan fingerprint density at radius 1 is 1.02 bits per heavy atom. The second-order valence-corrected chi connectivity index (χ2v) is 11.4. The normalized spacial score (nSPS) is 13.9. The van der Waals surface area contributed by atoms with Gasteiger partial charge in [-0.05, 0) is 66.4 Å². The number of aldehydes is 1. The molecule has 2 heterocycles. The molecule has 1 aliphatic carbocycles. The van der Waals surface area contributed by atoms with Crippen molar-refractivity contribution in [2.45, 2.75) is 30.1 Å². The van der Waals surface area contributed by atoms with Gasteiger partial charge in [0.1, 0.15) is 34.1 Å². The highest BCUT2D eigenvalue weighted by Gasteiger charge is 2.34. The van der Waals surface area contributed by atoms with Gasteiger partial charge in [0.2, 0.25) is 5.13 Å². The lowest BCUT2D eigenvalue weighted by molar-refractivity contribution is 0.111. The molecule has 1 saturated carbocycles. The van der Waals surface area contributed by atoms with Crippen LogP contribution in [0.2, 0.25) is 0 Å². The zero-order chi connectivity index (χ0) is 28.0. The number of hydrogen-bond donors (Lipinski definition) is 1. The van der Waals surface area contributed by atoms with Gasteiger partial charge < -0.3 is 0 Å². The molecule has 1 fully saturated rings. The summed E-state index contributed by atoms with van der Waals surface area (Å²) in [5.74, 6) is -1.43. The van der Waals surface area contributed by atoms with Crippen LogP contribution in [0, 0.1) is 17.5 Å². The topological polar surface area (TPSA) is 90.9 Å². The van der Waals surface area contributed by atoms with Gasteiger partial charge in [0.15, 0.2) is 6.29 Å². The van der Waals surface area contributed by atoms with E-state index in [4.69, 9.17) is 10.2 Å². The maximum Gasteiger partial charge on any atom is 0.211 e. The average Bonchev–Trinajstić information content (AvgIpc) is 3.54. The van der Waals surface area contributed by atoms with Crippen LogP contribution in [0.25, 0.3) is 27.5 Å². The van der Waals surface area contributed by atoms with E-state index in [9.17, 15) is 17.8 Å². The Bertz CT molecular complexity index is 1800. The molecule has 5 aromatic rings. The first-order valence-electron chi connectivity index (χ1n) is 12.4. The monoisotopic (exact) mass is 578 g/mol. The number of carbonyl (C=O) groups excluding carboxylic acids is 1. The van der Waals surface area contributed by atoms with Gasteiger partial charge in [0.05, 0.1) is 16.3 Å². The fraction of sp³-hybridized carbons (Fsp3) is 0.138. The van der Waals surface area contributed by atoms with Crippen LogP contribution in [-0.4, -0.2) is 25.3 Å². The number of benzene rings is 3. The fourth-order valence-electron chi connectivity index (χ4n) is 4.76. The summed E-state index contributed by atoms with van der Waals surface area (Å²) in [4.78, 5) is 15.9. The first-order valence-corrected chi connectivity index (χ1v) is 14.4. The Morgan fingerprint density at radius 3 is 2.52 bits per heavy atom. The molecule has 40 heavy (non-hydrogen) atoms. The van der Waals surface area contributed by atoms with Crippen LogP contribution in [-0.2, 0) is 17.4 Å². The van der Waals surface area contributed by atoms with Crippen molar-refractivity contribution < 1.29 is 22.2 Å². The van der Waals surface area contributed by atoms with Gasteiger partial charge in [0.25, 0.3) is 0 Å². The van der Waals surface area contributed by atoms with Crippen molar-refractivity contribution in [1.29, 1.82) is 0 Å². The standard InChI is InChI=1S/C29H21F3N4O2S2/c30-20-3-1-2-17(10-20)23-12-19(7-9-25(23)31)27-24(11-18-6-8-22(40(33)38)13-26(18)32)28(16-4-5-16)36(35-27)29-34-21(14-37)15-39-29/h1-3,6-10,12-16H,4-5,11,33H2. The minimum Gasteiger partial charge on any atom is -0.296 e. The van der Waals surface area contributed by atoms with Crippen molar-refractivity contribution >= 4 is 28.6 Å². The number of nitrogens with two attached hydrogens (primary N) is 1. The van der Waals surface area contributed by atoms with Gasteiger partial charge in [-0.15, -0.1) is 11.3 Å². The molecule has 0 aliphatic heterocycles. The Kier molecular flexibility index (Phi) is 6.95. The Labute approximate surface area is 233 Å². The Morgan fingerprint density at radius 2 is 1.85 bits per heavy atom. The van der Waals surface area contributed by atoms with Crippen LogP contribution in [0.1, 0.15) is 46.1 Å². The zero-order valence-corrected chi connectivity index (χ0v) is 22.4. The van der Waals surface area contributed by atoms with Crippen LogP contribution in [0.15, 0.2) is 70.9 Å². The van der Waals surface area contributed by atoms with Crippen molar-refractivity contribution in [1.82, 2.24) is 14.8 Å². The van der Waals surface area contributed by atoms with E-state index < -0.39 is 28.4 Å². The first-order chi connectivity index (χ1) is 19.3. The quantitative estimate of drug-likeness (QED) is 0.218. The molecule has 0 amide bonds. The highest BCUT2D eigenvalue weighted by Crippen LogP contribution is 2.46. The molecule has 0 bridgehead atoms. The highest BCUT2D eigenvalue weighted by molar-refractivity contribution is 7.82. The van der Waals surface area contributed by atoms with Crippen LogP contribution in [0.3, 0.4) is 0 Å². The Balaban J connectivity index is 1.55. The molecular weight excluding hydrogens is 557 g/mol. The number of halogens is 3. The number of hydrogen-bond acceptors (Lipinski definition) is 5. The molecule has 3 aromatic carbocycles. The summed E-state index contributed by atoms with van der Waals surface area (Å²) in [5.41, 5.74) is 3.80. The minimum absolute atomic E-state index is 0.141. The number of carbonyl (C=O) groups is 1. The van der Waals surface area contributed by atoms with E-state index in [1.165, 1.54) is 41.7 Å². The zero-order valence-electron chi connectivity index (χ0n) is 20.8. The molecule has 2 N–H and O–H groups in total. The van der Waals surface area contributed by atoms with Crippen molar-refractivity contribution in [3.8, 4) is 27.5 Å². The summed E-state index contributed by atoms with van der Waals surface area (Å²) in [6.07, 6.45) is 2.60. The third-order valence-electron chi connectivity index (χ3n) is 6.80. The second kappa shape index (κ2) is 10.6. The van der Waals surface area contributed by atoms with Crippen molar-refractivity contribution in [2.24, 2.45) is 5.14 Å². The third-order valence-corrected chi connectivity index (χ3v) is 8.35. The summed E-state index contributed by atoms with van der Waals surface area (Å²) in [6, 6.07) is 14.4. The van der Waals surface area contributed by atoms with Crippen LogP contribution >= 0.6 is 11.3 Å². The van der Waals surface area contributed by atoms with Crippen LogP contribution in [0.5, 0.6) is 0 Å². The number of nitrogens with zero attached hydrogens (tertiary/aromatic N) is 3. The predicted octanol–water partition coefficient (Wildman–Crippen LogP) is 6.34. The molecule has 202 valence electrons. The van der Waals surface area contributed by atoms with Gasteiger partial charge in [-0.25, -0.2) is 32.2 Å². The second-order valence-electron chi connectivity index (χ2n) is 9.50. The number of rotatable bonds is 8.